The molecular weight excluding hydrogens is 236 g/mol. The Morgan fingerprint density at radius 3 is 1.58 bits per heavy atom. The first-order valence-electron chi connectivity index (χ1n) is 8.11. The SMILES string of the molecule is CC(C)(C)CCCCCCCCCCCCOC=O. The first-order chi connectivity index (χ1) is 9.06. The summed E-state index contributed by atoms with van der Waals surface area (Å²) in [5.41, 5.74) is 0.508. The van der Waals surface area contributed by atoms with Gasteiger partial charge in [0.05, 0.1) is 6.61 Å². The van der Waals surface area contributed by atoms with Crippen LogP contribution in [0.4, 0.5) is 0 Å². The second kappa shape index (κ2) is 12.5. The maximum absolute atomic E-state index is 9.92. The van der Waals surface area contributed by atoms with E-state index in [4.69, 9.17) is 0 Å². The average Bonchev–Trinajstić information content (AvgIpc) is 2.34. The molecule has 0 saturated carbocycles. The Balaban J connectivity index is 3.01. The van der Waals surface area contributed by atoms with E-state index >= 15 is 0 Å². The molecule has 0 aromatic heterocycles. The second-order valence-electron chi connectivity index (χ2n) is 6.81. The largest absolute Gasteiger partial charge is 0.468 e. The zero-order valence-electron chi connectivity index (χ0n) is 13.4. The first kappa shape index (κ1) is 18.5. The van der Waals surface area contributed by atoms with E-state index < -0.39 is 0 Å². The Bertz CT molecular complexity index is 194. The van der Waals surface area contributed by atoms with Gasteiger partial charge in [0.25, 0.3) is 6.47 Å². The predicted octanol–water partition coefficient (Wildman–Crippen LogP) is 5.50. The molecule has 0 N–H and O–H groups in total. The number of hydrogen-bond donors (Lipinski definition) is 0. The van der Waals surface area contributed by atoms with Crippen molar-refractivity contribution in [3.63, 3.8) is 0 Å². The summed E-state index contributed by atoms with van der Waals surface area (Å²) in [4.78, 5) is 9.92. The summed E-state index contributed by atoms with van der Waals surface area (Å²) in [6.45, 7) is 8.12. The average molecular weight is 270 g/mol. The Labute approximate surface area is 120 Å². The first-order valence-corrected chi connectivity index (χ1v) is 8.11. The topological polar surface area (TPSA) is 26.3 Å². The highest BCUT2D eigenvalue weighted by Crippen LogP contribution is 2.22. The predicted molar refractivity (Wildman–Crippen MR) is 82.3 cm³/mol. The number of rotatable bonds is 13. The van der Waals surface area contributed by atoms with E-state index in [9.17, 15) is 4.79 Å². The minimum Gasteiger partial charge on any atom is -0.468 e. The van der Waals surface area contributed by atoms with Crippen LogP contribution in [0, 0.1) is 5.41 Å². The van der Waals surface area contributed by atoms with E-state index in [1.165, 1.54) is 64.2 Å². The van der Waals surface area contributed by atoms with Crippen molar-refractivity contribution in [1.29, 1.82) is 0 Å². The monoisotopic (exact) mass is 270 g/mol. The summed E-state index contributed by atoms with van der Waals surface area (Å²) in [5, 5.41) is 0. The number of hydrogen-bond acceptors (Lipinski definition) is 2. The molecule has 114 valence electrons. The van der Waals surface area contributed by atoms with Crippen molar-refractivity contribution < 1.29 is 9.53 Å². The second-order valence-corrected chi connectivity index (χ2v) is 6.81. The Kier molecular flexibility index (Phi) is 12.2. The number of carbonyl (C=O) groups is 1. The molecule has 0 radical (unpaired) electrons. The van der Waals surface area contributed by atoms with Gasteiger partial charge in [-0.2, -0.15) is 0 Å². The van der Waals surface area contributed by atoms with Crippen molar-refractivity contribution in [1.82, 2.24) is 0 Å². The van der Waals surface area contributed by atoms with Gasteiger partial charge in [0.1, 0.15) is 0 Å². The molecule has 0 bridgehead atoms. The highest BCUT2D eigenvalue weighted by Gasteiger charge is 2.08. The quantitative estimate of drug-likeness (QED) is 0.326. The Hall–Kier alpha value is -0.530. The zero-order valence-corrected chi connectivity index (χ0v) is 13.4. The molecule has 0 aliphatic rings. The molecule has 2 heteroatoms. The molecule has 0 amide bonds. The van der Waals surface area contributed by atoms with Crippen LogP contribution in [0.25, 0.3) is 0 Å². The molecule has 0 aromatic rings. The molecule has 19 heavy (non-hydrogen) atoms. The van der Waals surface area contributed by atoms with E-state index in [0.29, 0.717) is 18.5 Å². The van der Waals surface area contributed by atoms with Gasteiger partial charge in [-0.25, -0.2) is 0 Å². The van der Waals surface area contributed by atoms with Crippen LogP contribution in [-0.2, 0) is 9.53 Å². The van der Waals surface area contributed by atoms with Gasteiger partial charge in [-0.3, -0.25) is 4.79 Å². The standard InChI is InChI=1S/C17H34O2/c1-17(2,3)14-12-10-8-6-4-5-7-9-11-13-15-19-16-18/h16H,4-15H2,1-3H3. The maximum Gasteiger partial charge on any atom is 0.293 e. The van der Waals surface area contributed by atoms with Crippen LogP contribution in [-0.4, -0.2) is 13.1 Å². The molecule has 0 rings (SSSR count). The van der Waals surface area contributed by atoms with Gasteiger partial charge in [0.15, 0.2) is 0 Å². The fraction of sp³-hybridized carbons (Fsp3) is 0.941. The fourth-order valence-corrected chi connectivity index (χ4v) is 2.30. The maximum atomic E-state index is 9.92. The van der Waals surface area contributed by atoms with Crippen molar-refractivity contribution in [3.8, 4) is 0 Å². The highest BCUT2D eigenvalue weighted by molar-refractivity contribution is 5.36. The molecule has 0 fully saturated rings. The van der Waals surface area contributed by atoms with Crippen molar-refractivity contribution in [2.24, 2.45) is 5.41 Å². The van der Waals surface area contributed by atoms with Gasteiger partial charge >= 0.3 is 0 Å². The van der Waals surface area contributed by atoms with Crippen LogP contribution in [0.15, 0.2) is 0 Å². The molecule has 0 unspecified atom stereocenters. The molecule has 0 aliphatic carbocycles. The van der Waals surface area contributed by atoms with Crippen LogP contribution in [0.3, 0.4) is 0 Å². The van der Waals surface area contributed by atoms with Crippen LogP contribution in [0.1, 0.15) is 91.4 Å². The van der Waals surface area contributed by atoms with Crippen LogP contribution in [0.2, 0.25) is 0 Å². The summed E-state index contributed by atoms with van der Waals surface area (Å²) < 4.78 is 4.66. The summed E-state index contributed by atoms with van der Waals surface area (Å²) in [6, 6.07) is 0. The van der Waals surface area contributed by atoms with Gasteiger partial charge in [-0.05, 0) is 18.3 Å². The number of carbonyl (C=O) groups excluding carboxylic acids is 1. The normalized spacial score (nSPS) is 11.5. The third-order valence-electron chi connectivity index (χ3n) is 3.51. The van der Waals surface area contributed by atoms with Crippen molar-refractivity contribution >= 4 is 6.47 Å². The van der Waals surface area contributed by atoms with Gasteiger partial charge < -0.3 is 4.74 Å². The summed E-state index contributed by atoms with van der Waals surface area (Å²) in [5.74, 6) is 0. The number of unbranched alkanes of at least 4 members (excludes halogenated alkanes) is 9. The fourth-order valence-electron chi connectivity index (χ4n) is 2.30. The molecule has 0 aromatic carbocycles. The van der Waals surface area contributed by atoms with Gasteiger partial charge in [-0.15, -0.1) is 0 Å². The Morgan fingerprint density at radius 2 is 1.16 bits per heavy atom. The molecule has 0 aliphatic heterocycles. The molecule has 2 nitrogen and oxygen atoms in total. The van der Waals surface area contributed by atoms with Crippen LogP contribution >= 0.6 is 0 Å². The van der Waals surface area contributed by atoms with Crippen LogP contribution < -0.4 is 0 Å². The summed E-state index contributed by atoms with van der Waals surface area (Å²) in [6.07, 6.45) is 14.5. The van der Waals surface area contributed by atoms with E-state index in [1.807, 2.05) is 0 Å². The third-order valence-corrected chi connectivity index (χ3v) is 3.51. The number of ether oxygens (including phenoxy) is 1. The molecule has 0 spiro atoms. The van der Waals surface area contributed by atoms with Crippen LogP contribution in [0.5, 0.6) is 0 Å². The third kappa shape index (κ3) is 17.5. The van der Waals surface area contributed by atoms with Gasteiger partial charge in [0, 0.05) is 0 Å². The minimum atomic E-state index is 0.508. The van der Waals surface area contributed by atoms with Crippen molar-refractivity contribution in [3.05, 3.63) is 0 Å². The lowest BCUT2D eigenvalue weighted by Crippen LogP contribution is -2.03. The zero-order chi connectivity index (χ0) is 14.4. The van der Waals surface area contributed by atoms with Gasteiger partial charge in [0.2, 0.25) is 0 Å². The van der Waals surface area contributed by atoms with Crippen molar-refractivity contribution in [2.45, 2.75) is 91.4 Å². The smallest absolute Gasteiger partial charge is 0.293 e. The van der Waals surface area contributed by atoms with E-state index in [-0.39, 0.29) is 0 Å². The summed E-state index contributed by atoms with van der Waals surface area (Å²) in [7, 11) is 0. The Morgan fingerprint density at radius 1 is 0.737 bits per heavy atom. The van der Waals surface area contributed by atoms with Gasteiger partial charge in [-0.1, -0.05) is 78.6 Å². The molecule has 0 heterocycles. The molecular formula is C17H34O2. The highest BCUT2D eigenvalue weighted by atomic mass is 16.5. The molecule has 0 saturated heterocycles. The molecule has 0 atom stereocenters. The summed E-state index contributed by atoms with van der Waals surface area (Å²) >= 11 is 0. The van der Waals surface area contributed by atoms with E-state index in [1.54, 1.807) is 0 Å². The lowest BCUT2D eigenvalue weighted by atomic mass is 9.89. The minimum absolute atomic E-state index is 0.508. The lowest BCUT2D eigenvalue weighted by molar-refractivity contribution is -0.128. The lowest BCUT2D eigenvalue weighted by Gasteiger charge is -2.17. The van der Waals surface area contributed by atoms with E-state index in [0.717, 1.165) is 6.42 Å². The van der Waals surface area contributed by atoms with Crippen molar-refractivity contribution in [2.75, 3.05) is 6.61 Å². The van der Waals surface area contributed by atoms with E-state index in [2.05, 4.69) is 25.5 Å².